The van der Waals surface area contributed by atoms with Gasteiger partial charge in [0.15, 0.2) is 17.3 Å². The van der Waals surface area contributed by atoms with E-state index < -0.39 is 10.0 Å². The molecule has 2 aromatic carbocycles. The molecule has 0 amide bonds. The summed E-state index contributed by atoms with van der Waals surface area (Å²) in [5.41, 5.74) is 4.06. The first kappa shape index (κ1) is 33.8. The summed E-state index contributed by atoms with van der Waals surface area (Å²) in [5.74, 6) is 2.61. The molecular weight excluding hydrogens is 668 g/mol. The second kappa shape index (κ2) is 13.9. The third-order valence-corrected chi connectivity index (χ3v) is 11.4. The lowest BCUT2D eigenvalue weighted by atomic mass is 9.99. The predicted octanol–water partition coefficient (Wildman–Crippen LogP) is 4.89. The Morgan fingerprint density at radius 1 is 0.980 bits per heavy atom. The minimum Gasteiger partial charge on any atom is -0.494 e. The molecule has 2 N–H and O–H groups in total. The number of benzene rings is 2. The average molecular weight is 713 g/mol. The van der Waals surface area contributed by atoms with Crippen molar-refractivity contribution in [3.05, 3.63) is 41.0 Å². The van der Waals surface area contributed by atoms with Gasteiger partial charge in [0, 0.05) is 64.1 Å². The van der Waals surface area contributed by atoms with E-state index in [2.05, 4.69) is 49.5 Å². The highest BCUT2D eigenvalue weighted by atomic mass is 35.5. The molecule has 3 aromatic rings. The van der Waals surface area contributed by atoms with Crippen molar-refractivity contribution < 1.29 is 22.6 Å². The van der Waals surface area contributed by atoms with Crippen molar-refractivity contribution in [2.24, 2.45) is 0 Å². The van der Waals surface area contributed by atoms with Crippen molar-refractivity contribution >= 4 is 56.1 Å². The SMILES string of the molecule is COc1cc(N2CCC(N3CCN(C)CC3)CC2)c(C2CC2)cc1Nc1ncc(Cl)c(Nc2ccc3c(c2N(C)S(C)(=O)=O)OCCO3)n1. The van der Waals surface area contributed by atoms with E-state index in [1.807, 2.05) is 0 Å². The van der Waals surface area contributed by atoms with Gasteiger partial charge in [-0.2, -0.15) is 4.98 Å². The van der Waals surface area contributed by atoms with Crippen LogP contribution < -0.4 is 34.0 Å². The number of nitrogens with zero attached hydrogens (tertiary/aromatic N) is 6. The summed E-state index contributed by atoms with van der Waals surface area (Å²) in [6, 6.07) is 8.43. The van der Waals surface area contributed by atoms with Crippen LogP contribution in [0.15, 0.2) is 30.5 Å². The zero-order valence-corrected chi connectivity index (χ0v) is 30.1. The Morgan fingerprint density at radius 2 is 1.71 bits per heavy atom. The van der Waals surface area contributed by atoms with E-state index in [1.165, 1.54) is 37.3 Å². The number of rotatable bonds is 10. The summed E-state index contributed by atoms with van der Waals surface area (Å²) >= 11 is 6.58. The highest BCUT2D eigenvalue weighted by molar-refractivity contribution is 7.92. The smallest absolute Gasteiger partial charge is 0.232 e. The zero-order chi connectivity index (χ0) is 34.3. The highest BCUT2D eigenvalue weighted by Gasteiger charge is 2.33. The summed E-state index contributed by atoms with van der Waals surface area (Å²) in [7, 11) is 1.71. The Hall–Kier alpha value is -3.72. The van der Waals surface area contributed by atoms with Crippen LogP contribution in [0, 0.1) is 0 Å². The van der Waals surface area contributed by atoms with E-state index in [-0.39, 0.29) is 5.02 Å². The molecule has 7 rings (SSSR count). The van der Waals surface area contributed by atoms with Gasteiger partial charge in [-0.15, -0.1) is 0 Å². The van der Waals surface area contributed by atoms with Crippen molar-refractivity contribution in [2.45, 2.75) is 37.6 Å². The average Bonchev–Trinajstić information content (AvgIpc) is 3.95. The summed E-state index contributed by atoms with van der Waals surface area (Å²) in [6.45, 7) is 7.32. The number of anilines is 6. The van der Waals surface area contributed by atoms with Crippen molar-refractivity contribution in [1.82, 2.24) is 19.8 Å². The Kier molecular flexibility index (Phi) is 9.57. The lowest BCUT2D eigenvalue weighted by Crippen LogP contribution is -2.52. The Balaban J connectivity index is 1.13. The first-order chi connectivity index (χ1) is 23.6. The van der Waals surface area contributed by atoms with E-state index in [0.717, 1.165) is 68.4 Å². The summed E-state index contributed by atoms with van der Waals surface area (Å²) < 4.78 is 43.9. The molecule has 4 aliphatic rings. The molecule has 1 saturated carbocycles. The van der Waals surface area contributed by atoms with Crippen molar-refractivity contribution in [3.63, 3.8) is 0 Å². The van der Waals surface area contributed by atoms with Gasteiger partial charge in [-0.25, -0.2) is 13.4 Å². The van der Waals surface area contributed by atoms with Gasteiger partial charge < -0.3 is 34.6 Å². The minimum atomic E-state index is -3.64. The molecule has 264 valence electrons. The molecule has 0 bridgehead atoms. The van der Waals surface area contributed by atoms with E-state index in [9.17, 15) is 8.42 Å². The fourth-order valence-corrected chi connectivity index (χ4v) is 7.60. The number of hydrogen-bond donors (Lipinski definition) is 2. The number of piperazine rings is 1. The van der Waals surface area contributed by atoms with Crippen molar-refractivity contribution in [1.29, 1.82) is 0 Å². The fraction of sp³-hybridized carbons (Fsp3) is 0.529. The topological polar surface area (TPSA) is 125 Å². The van der Waals surface area contributed by atoms with Gasteiger partial charge in [0.2, 0.25) is 16.0 Å². The normalized spacial score (nSPS) is 19.1. The van der Waals surface area contributed by atoms with Crippen LogP contribution in [0.4, 0.5) is 34.5 Å². The highest BCUT2D eigenvalue weighted by Crippen LogP contribution is 2.49. The molecule has 3 aliphatic heterocycles. The van der Waals surface area contributed by atoms with E-state index in [0.29, 0.717) is 65.6 Å². The maximum atomic E-state index is 12.6. The number of sulfonamides is 1. The fourth-order valence-electron chi connectivity index (χ4n) is 6.95. The molecule has 0 spiro atoms. The summed E-state index contributed by atoms with van der Waals surface area (Å²) in [6.07, 6.45) is 7.30. The van der Waals surface area contributed by atoms with Gasteiger partial charge in [-0.3, -0.25) is 9.21 Å². The first-order valence-electron chi connectivity index (χ1n) is 16.9. The third kappa shape index (κ3) is 7.28. The monoisotopic (exact) mass is 712 g/mol. The molecule has 0 unspecified atom stereocenters. The Morgan fingerprint density at radius 3 is 2.41 bits per heavy atom. The largest absolute Gasteiger partial charge is 0.494 e. The molecular formula is C34H45ClN8O5S. The summed E-state index contributed by atoms with van der Waals surface area (Å²) in [4.78, 5) is 16.8. The predicted molar refractivity (Wildman–Crippen MR) is 194 cm³/mol. The van der Waals surface area contributed by atoms with Gasteiger partial charge in [0.05, 0.1) is 30.9 Å². The van der Waals surface area contributed by atoms with Gasteiger partial charge in [-0.05, 0) is 62.4 Å². The Bertz CT molecular complexity index is 1790. The first-order valence-corrected chi connectivity index (χ1v) is 19.1. The number of ether oxygens (including phenoxy) is 3. The Labute approximate surface area is 293 Å². The summed E-state index contributed by atoms with van der Waals surface area (Å²) in [5, 5.41) is 6.84. The lowest BCUT2D eigenvalue weighted by molar-refractivity contribution is 0.0982. The third-order valence-electron chi connectivity index (χ3n) is 9.96. The zero-order valence-electron chi connectivity index (χ0n) is 28.5. The van der Waals surface area contributed by atoms with Crippen LogP contribution in [0.1, 0.15) is 37.2 Å². The molecule has 49 heavy (non-hydrogen) atoms. The molecule has 2 saturated heterocycles. The maximum Gasteiger partial charge on any atom is 0.232 e. The maximum absolute atomic E-state index is 12.6. The molecule has 4 heterocycles. The van der Waals surface area contributed by atoms with E-state index in [1.54, 1.807) is 19.2 Å². The lowest BCUT2D eigenvalue weighted by Gasteiger charge is -2.43. The number of fused-ring (bicyclic) bond motifs is 1. The quantitative estimate of drug-likeness (QED) is 0.298. The van der Waals surface area contributed by atoms with Crippen LogP contribution in [-0.2, 0) is 10.0 Å². The van der Waals surface area contributed by atoms with Crippen LogP contribution in [0.2, 0.25) is 5.02 Å². The second-order valence-electron chi connectivity index (χ2n) is 13.3. The standard InChI is InChI=1S/C34H45ClN8O5S/c1-40-13-15-42(16-14-40)23-9-11-43(12-10-23)28-20-30(46-3)27(19-24(28)22-5-6-22)38-34-36-21-25(35)33(39-34)37-26-7-8-29-32(48-18-17-47-29)31(26)41(2)49(4,44)45/h7-8,19-23H,5-6,9-18H2,1-4H3,(H2,36,37,38,39). The van der Waals surface area contributed by atoms with Gasteiger partial charge in [-0.1, -0.05) is 11.6 Å². The molecule has 0 atom stereocenters. The van der Waals surface area contributed by atoms with E-state index >= 15 is 0 Å². The number of nitrogens with one attached hydrogen (secondary N) is 2. The van der Waals surface area contributed by atoms with Crippen LogP contribution in [0.25, 0.3) is 0 Å². The van der Waals surface area contributed by atoms with Crippen molar-refractivity contribution in [3.8, 4) is 17.2 Å². The minimum absolute atomic E-state index is 0.259. The molecule has 13 nitrogen and oxygen atoms in total. The van der Waals surface area contributed by atoms with Crippen LogP contribution in [0.5, 0.6) is 17.2 Å². The molecule has 1 aromatic heterocycles. The van der Waals surface area contributed by atoms with Gasteiger partial charge in [0.25, 0.3) is 0 Å². The van der Waals surface area contributed by atoms with Gasteiger partial charge in [0.1, 0.15) is 29.7 Å². The van der Waals surface area contributed by atoms with Crippen LogP contribution in [0.3, 0.4) is 0 Å². The molecule has 1 aliphatic carbocycles. The second-order valence-corrected chi connectivity index (χ2v) is 15.7. The molecule has 3 fully saturated rings. The van der Waals surface area contributed by atoms with E-state index in [4.69, 9.17) is 30.8 Å². The van der Waals surface area contributed by atoms with Crippen molar-refractivity contribution in [2.75, 3.05) is 99.8 Å². The number of halogens is 1. The van der Waals surface area contributed by atoms with Crippen LogP contribution >= 0.6 is 11.6 Å². The number of aromatic nitrogens is 2. The van der Waals surface area contributed by atoms with Crippen LogP contribution in [-0.4, -0.2) is 114 Å². The number of hydrogen-bond acceptors (Lipinski definition) is 12. The number of likely N-dealkylation sites (N-methyl/N-ethyl adjacent to an activating group) is 1. The number of methoxy groups -OCH3 is 1. The molecule has 0 radical (unpaired) electrons. The molecule has 15 heteroatoms. The van der Waals surface area contributed by atoms with Gasteiger partial charge >= 0.3 is 0 Å². The number of piperidine rings is 1.